The summed E-state index contributed by atoms with van der Waals surface area (Å²) in [6.07, 6.45) is 1.84. The van der Waals surface area contributed by atoms with Crippen LogP contribution in [0.4, 0.5) is 0 Å². The van der Waals surface area contributed by atoms with Gasteiger partial charge in [-0.2, -0.15) is 0 Å². The molecule has 10 rings (SSSR count). The molecular formula is C47H29N3. The highest BCUT2D eigenvalue weighted by atomic mass is 14.8. The Morgan fingerprint density at radius 2 is 0.980 bits per heavy atom. The van der Waals surface area contributed by atoms with Crippen LogP contribution in [0.15, 0.2) is 176 Å². The van der Waals surface area contributed by atoms with Gasteiger partial charge >= 0.3 is 0 Å². The third kappa shape index (κ3) is 4.56. The van der Waals surface area contributed by atoms with Crippen LogP contribution in [0, 0.1) is 0 Å². The molecule has 0 saturated carbocycles. The third-order valence-corrected chi connectivity index (χ3v) is 9.91. The van der Waals surface area contributed by atoms with E-state index < -0.39 is 0 Å². The summed E-state index contributed by atoms with van der Waals surface area (Å²) in [6, 6.07) is 60.3. The molecule has 3 nitrogen and oxygen atoms in total. The lowest BCUT2D eigenvalue weighted by Gasteiger charge is -2.16. The number of pyridine rings is 3. The van der Waals surface area contributed by atoms with Crippen molar-refractivity contribution in [2.45, 2.75) is 0 Å². The predicted molar refractivity (Wildman–Crippen MR) is 209 cm³/mol. The molecule has 0 amide bonds. The van der Waals surface area contributed by atoms with Gasteiger partial charge in [0.2, 0.25) is 0 Å². The average molecular weight is 636 g/mol. The molecule has 3 aromatic heterocycles. The number of benzene rings is 7. The van der Waals surface area contributed by atoms with Gasteiger partial charge in [-0.15, -0.1) is 0 Å². The molecule has 3 heterocycles. The van der Waals surface area contributed by atoms with Gasteiger partial charge in [0.25, 0.3) is 0 Å². The van der Waals surface area contributed by atoms with E-state index in [2.05, 4.69) is 163 Å². The summed E-state index contributed by atoms with van der Waals surface area (Å²) in [5.41, 5.74) is 11.7. The first-order valence-corrected chi connectivity index (χ1v) is 16.9. The molecule has 0 atom stereocenters. The van der Waals surface area contributed by atoms with Gasteiger partial charge in [0.15, 0.2) is 0 Å². The Morgan fingerprint density at radius 1 is 0.340 bits per heavy atom. The van der Waals surface area contributed by atoms with Gasteiger partial charge < -0.3 is 0 Å². The molecule has 0 aliphatic rings. The minimum absolute atomic E-state index is 0.924. The van der Waals surface area contributed by atoms with E-state index >= 15 is 0 Å². The Bertz CT molecular complexity index is 2910. The standard InChI is InChI=1S/C47H29N3/c1-3-11-30(12-4-1)41-29-44(31-13-5-2-6-14-31)49-43-27-25-38-35(18-9-19-40(38)45(41)43)37-23-24-39(36-17-8-7-16-34(36)37)42-26-22-33-21-20-32-15-10-28-48-46(32)47(33)50-42/h1-29H. The molecule has 0 aliphatic heterocycles. The van der Waals surface area contributed by atoms with Gasteiger partial charge in [-0.1, -0.05) is 146 Å². The fourth-order valence-electron chi connectivity index (χ4n) is 7.56. The summed E-state index contributed by atoms with van der Waals surface area (Å²) in [7, 11) is 0. The van der Waals surface area contributed by atoms with Gasteiger partial charge in [0.05, 0.1) is 27.9 Å². The summed E-state index contributed by atoms with van der Waals surface area (Å²) < 4.78 is 0. The van der Waals surface area contributed by atoms with E-state index in [4.69, 9.17) is 9.97 Å². The number of nitrogens with zero attached hydrogens (tertiary/aromatic N) is 3. The largest absolute Gasteiger partial charge is 0.254 e. The minimum atomic E-state index is 0.924. The summed E-state index contributed by atoms with van der Waals surface area (Å²) >= 11 is 0. The molecule has 7 aromatic carbocycles. The van der Waals surface area contributed by atoms with E-state index in [1.54, 1.807) is 0 Å². The molecule has 0 radical (unpaired) electrons. The molecule has 0 bridgehead atoms. The second-order valence-electron chi connectivity index (χ2n) is 12.8. The van der Waals surface area contributed by atoms with Crippen molar-refractivity contribution >= 4 is 54.3 Å². The SMILES string of the molecule is c1ccc(-c2cc(-c3ccccc3)c3c(ccc4c(-c5ccc(-c6ccc7ccc8cccnc8c7n6)c6ccccc56)cccc43)n2)cc1. The molecule has 10 aromatic rings. The van der Waals surface area contributed by atoms with Gasteiger partial charge in [0.1, 0.15) is 0 Å². The lowest BCUT2D eigenvalue weighted by atomic mass is 9.89. The molecule has 0 N–H and O–H groups in total. The first-order chi connectivity index (χ1) is 24.8. The van der Waals surface area contributed by atoms with E-state index in [0.29, 0.717) is 0 Å². The zero-order valence-corrected chi connectivity index (χ0v) is 27.1. The maximum atomic E-state index is 5.21. The second kappa shape index (κ2) is 11.5. The molecule has 232 valence electrons. The number of aromatic nitrogens is 3. The monoisotopic (exact) mass is 635 g/mol. The van der Waals surface area contributed by atoms with E-state index in [1.807, 2.05) is 18.3 Å². The van der Waals surface area contributed by atoms with Crippen LogP contribution >= 0.6 is 0 Å². The van der Waals surface area contributed by atoms with E-state index in [9.17, 15) is 0 Å². The van der Waals surface area contributed by atoms with Crippen LogP contribution in [0.2, 0.25) is 0 Å². The molecule has 0 saturated heterocycles. The fraction of sp³-hybridized carbons (Fsp3) is 0. The predicted octanol–water partition coefficient (Wildman–Crippen LogP) is 12.3. The van der Waals surface area contributed by atoms with E-state index in [0.717, 1.165) is 55.2 Å². The highest BCUT2D eigenvalue weighted by Gasteiger charge is 2.17. The third-order valence-electron chi connectivity index (χ3n) is 9.91. The van der Waals surface area contributed by atoms with Crippen LogP contribution in [0.5, 0.6) is 0 Å². The van der Waals surface area contributed by atoms with E-state index in [-0.39, 0.29) is 0 Å². The van der Waals surface area contributed by atoms with Gasteiger partial charge in [-0.3, -0.25) is 4.98 Å². The smallest absolute Gasteiger partial charge is 0.0972 e. The van der Waals surface area contributed by atoms with Crippen molar-refractivity contribution in [1.82, 2.24) is 15.0 Å². The van der Waals surface area contributed by atoms with Crippen LogP contribution in [0.25, 0.3) is 99.0 Å². The van der Waals surface area contributed by atoms with Gasteiger partial charge in [-0.25, -0.2) is 9.97 Å². The van der Waals surface area contributed by atoms with Crippen molar-refractivity contribution < 1.29 is 0 Å². The number of rotatable bonds is 4. The molecule has 0 spiro atoms. The zero-order chi connectivity index (χ0) is 33.0. The number of hydrogen-bond acceptors (Lipinski definition) is 3. The molecular weight excluding hydrogens is 607 g/mol. The zero-order valence-electron chi connectivity index (χ0n) is 27.1. The normalized spacial score (nSPS) is 11.6. The van der Waals surface area contributed by atoms with Crippen molar-refractivity contribution in [3.05, 3.63) is 176 Å². The molecule has 3 heteroatoms. The Labute approximate surface area is 289 Å². The lowest BCUT2D eigenvalue weighted by molar-refractivity contribution is 1.37. The number of fused-ring (bicyclic) bond motifs is 7. The first kappa shape index (κ1) is 28.3. The second-order valence-corrected chi connectivity index (χ2v) is 12.8. The van der Waals surface area contributed by atoms with Gasteiger partial charge in [-0.05, 0) is 68.1 Å². The Balaban J connectivity index is 1.19. The minimum Gasteiger partial charge on any atom is -0.254 e. The van der Waals surface area contributed by atoms with Crippen LogP contribution in [0.3, 0.4) is 0 Å². The topological polar surface area (TPSA) is 38.7 Å². The van der Waals surface area contributed by atoms with Crippen molar-refractivity contribution in [1.29, 1.82) is 0 Å². The average Bonchev–Trinajstić information content (AvgIpc) is 3.20. The Morgan fingerprint density at radius 3 is 1.80 bits per heavy atom. The quantitative estimate of drug-likeness (QED) is 0.181. The summed E-state index contributed by atoms with van der Waals surface area (Å²) in [5.74, 6) is 0. The Hall–Kier alpha value is -6.71. The van der Waals surface area contributed by atoms with Crippen molar-refractivity contribution in [3.63, 3.8) is 0 Å². The van der Waals surface area contributed by atoms with Crippen molar-refractivity contribution in [2.24, 2.45) is 0 Å². The molecule has 0 unspecified atom stereocenters. The summed E-state index contributed by atoms with van der Waals surface area (Å²) in [4.78, 5) is 15.1. The van der Waals surface area contributed by atoms with Crippen LogP contribution in [-0.2, 0) is 0 Å². The maximum Gasteiger partial charge on any atom is 0.0972 e. The van der Waals surface area contributed by atoms with Crippen LogP contribution in [0.1, 0.15) is 0 Å². The fourth-order valence-corrected chi connectivity index (χ4v) is 7.56. The lowest BCUT2D eigenvalue weighted by Crippen LogP contribution is -1.93. The highest BCUT2D eigenvalue weighted by molar-refractivity contribution is 6.19. The summed E-state index contributed by atoms with van der Waals surface area (Å²) in [6.45, 7) is 0. The van der Waals surface area contributed by atoms with Gasteiger partial charge in [0, 0.05) is 33.5 Å². The Kier molecular flexibility index (Phi) is 6.49. The molecule has 0 aliphatic carbocycles. The van der Waals surface area contributed by atoms with Crippen molar-refractivity contribution in [2.75, 3.05) is 0 Å². The molecule has 50 heavy (non-hydrogen) atoms. The van der Waals surface area contributed by atoms with Crippen molar-refractivity contribution in [3.8, 4) is 44.8 Å². The summed E-state index contributed by atoms with van der Waals surface area (Å²) in [5, 5.41) is 8.09. The van der Waals surface area contributed by atoms with E-state index in [1.165, 1.54) is 43.8 Å². The highest BCUT2D eigenvalue weighted by Crippen LogP contribution is 2.42. The molecule has 0 fully saturated rings. The number of hydrogen-bond donors (Lipinski definition) is 0. The first-order valence-electron chi connectivity index (χ1n) is 16.9. The van der Waals surface area contributed by atoms with Crippen LogP contribution < -0.4 is 0 Å². The van der Waals surface area contributed by atoms with Crippen LogP contribution in [-0.4, -0.2) is 15.0 Å². The maximum absolute atomic E-state index is 5.21.